The van der Waals surface area contributed by atoms with E-state index in [-0.39, 0.29) is 11.9 Å². The molecule has 0 bridgehead atoms. The van der Waals surface area contributed by atoms with Crippen LogP contribution in [0.25, 0.3) is 0 Å². The van der Waals surface area contributed by atoms with Gasteiger partial charge in [-0.3, -0.25) is 4.79 Å². The molecule has 20 heavy (non-hydrogen) atoms. The van der Waals surface area contributed by atoms with Crippen LogP contribution in [0.5, 0.6) is 0 Å². The molecule has 4 heteroatoms. The Labute approximate surface area is 121 Å². The molecule has 0 unspecified atom stereocenters. The van der Waals surface area contributed by atoms with Gasteiger partial charge in [0.1, 0.15) is 11.9 Å². The third-order valence-corrected chi connectivity index (χ3v) is 4.28. The first-order valence-corrected chi connectivity index (χ1v) is 7.72. The van der Waals surface area contributed by atoms with Crippen molar-refractivity contribution in [2.45, 2.75) is 46.6 Å². The zero-order valence-corrected chi connectivity index (χ0v) is 13.1. The Bertz CT molecular complexity index is 465. The van der Waals surface area contributed by atoms with Crippen LogP contribution in [0.4, 0.5) is 0 Å². The summed E-state index contributed by atoms with van der Waals surface area (Å²) in [6.45, 7) is 8.20. The number of cyclic esters (lactones) is 1. The van der Waals surface area contributed by atoms with Crippen LogP contribution in [0.3, 0.4) is 0 Å². The Morgan fingerprint density at radius 3 is 2.90 bits per heavy atom. The van der Waals surface area contributed by atoms with E-state index in [4.69, 9.17) is 4.74 Å². The normalized spacial score (nSPS) is 22.6. The lowest BCUT2D eigenvalue weighted by Crippen LogP contribution is -2.31. The molecule has 4 nitrogen and oxygen atoms in total. The molecule has 1 fully saturated rings. The number of hydrogen-bond donors (Lipinski definition) is 0. The van der Waals surface area contributed by atoms with E-state index in [0.29, 0.717) is 12.5 Å². The van der Waals surface area contributed by atoms with Crippen molar-refractivity contribution in [1.82, 2.24) is 4.57 Å². The van der Waals surface area contributed by atoms with Crippen LogP contribution in [0.1, 0.15) is 39.3 Å². The predicted octanol–water partition coefficient (Wildman–Crippen LogP) is 2.10. The van der Waals surface area contributed by atoms with Crippen molar-refractivity contribution < 1.29 is 14.1 Å². The van der Waals surface area contributed by atoms with Crippen molar-refractivity contribution in [3.8, 4) is 0 Å². The van der Waals surface area contributed by atoms with Crippen LogP contribution in [-0.2, 0) is 29.5 Å². The number of aromatic nitrogens is 2. The zero-order chi connectivity index (χ0) is 14.7. The van der Waals surface area contributed by atoms with Crippen molar-refractivity contribution in [3.63, 3.8) is 0 Å². The summed E-state index contributed by atoms with van der Waals surface area (Å²) in [6, 6.07) is 0. The number of hydrogen-bond acceptors (Lipinski definition) is 2. The van der Waals surface area contributed by atoms with Crippen LogP contribution in [0.2, 0.25) is 0 Å². The third kappa shape index (κ3) is 3.41. The van der Waals surface area contributed by atoms with Crippen molar-refractivity contribution in [2.75, 3.05) is 6.61 Å². The van der Waals surface area contributed by atoms with Gasteiger partial charge in [0.25, 0.3) is 0 Å². The summed E-state index contributed by atoms with van der Waals surface area (Å²) in [5.74, 6) is 1.12. The summed E-state index contributed by atoms with van der Waals surface area (Å²) in [6.07, 6.45) is 7.36. The molecular weight excluding hydrogens is 252 g/mol. The molecule has 0 N–H and O–H groups in total. The molecule has 0 aromatic carbocycles. The van der Waals surface area contributed by atoms with E-state index in [0.717, 1.165) is 25.3 Å². The number of aryl methyl sites for hydroxylation is 2. The average Bonchev–Trinajstić information content (AvgIpc) is 2.91. The minimum atomic E-state index is -0.0145. The number of esters is 1. The zero-order valence-electron chi connectivity index (χ0n) is 13.1. The monoisotopic (exact) mass is 279 g/mol. The first-order valence-electron chi connectivity index (χ1n) is 7.72. The molecule has 0 spiro atoms. The molecule has 112 valence electrons. The van der Waals surface area contributed by atoms with E-state index >= 15 is 0 Å². The first-order chi connectivity index (χ1) is 9.51. The Balaban J connectivity index is 2.00. The van der Waals surface area contributed by atoms with Gasteiger partial charge < -0.3 is 4.74 Å². The number of carbonyl (C=O) groups is 1. The Morgan fingerprint density at radius 1 is 1.50 bits per heavy atom. The Morgan fingerprint density at radius 2 is 2.25 bits per heavy atom. The topological polar surface area (TPSA) is 35.1 Å². The lowest BCUT2D eigenvalue weighted by molar-refractivity contribution is -0.697. The van der Waals surface area contributed by atoms with Crippen LogP contribution in [0, 0.1) is 17.8 Å². The number of imidazole rings is 1. The van der Waals surface area contributed by atoms with Gasteiger partial charge in [-0.2, -0.15) is 0 Å². The van der Waals surface area contributed by atoms with Crippen LogP contribution in [-0.4, -0.2) is 17.1 Å². The van der Waals surface area contributed by atoms with E-state index in [2.05, 4.69) is 49.5 Å². The Kier molecular flexibility index (Phi) is 4.84. The van der Waals surface area contributed by atoms with Crippen molar-refractivity contribution >= 4 is 5.97 Å². The molecule has 0 radical (unpaired) electrons. The maximum atomic E-state index is 11.6. The second-order valence-corrected chi connectivity index (χ2v) is 6.38. The minimum absolute atomic E-state index is 0.0145. The molecule has 0 aliphatic carbocycles. The SMILES string of the molecule is CC[C@@H]1C(=O)OC[C@@H]1Cc1c[n+](CCC(C)C)cn1C. The molecule has 0 saturated carbocycles. The molecule has 2 heterocycles. The third-order valence-electron chi connectivity index (χ3n) is 4.28. The van der Waals surface area contributed by atoms with Gasteiger partial charge in [-0.05, 0) is 18.8 Å². The van der Waals surface area contributed by atoms with E-state index in [1.165, 1.54) is 12.1 Å². The van der Waals surface area contributed by atoms with Gasteiger partial charge in [0.2, 0.25) is 6.33 Å². The maximum absolute atomic E-state index is 11.6. The van der Waals surface area contributed by atoms with Crippen molar-refractivity contribution in [3.05, 3.63) is 18.2 Å². The van der Waals surface area contributed by atoms with Crippen molar-refractivity contribution in [2.24, 2.45) is 24.8 Å². The fraction of sp³-hybridized carbons (Fsp3) is 0.750. The number of carbonyl (C=O) groups excluding carboxylic acids is 1. The van der Waals surface area contributed by atoms with Crippen LogP contribution in [0.15, 0.2) is 12.5 Å². The maximum Gasteiger partial charge on any atom is 0.309 e. The Hall–Kier alpha value is -1.32. The van der Waals surface area contributed by atoms with Crippen LogP contribution >= 0.6 is 0 Å². The molecule has 1 aliphatic heterocycles. The first kappa shape index (κ1) is 15.1. The van der Waals surface area contributed by atoms with E-state index < -0.39 is 0 Å². The van der Waals surface area contributed by atoms with Gasteiger partial charge in [0.15, 0.2) is 0 Å². The fourth-order valence-electron chi connectivity index (χ4n) is 2.91. The molecule has 1 aliphatic rings. The number of rotatable bonds is 6. The fourth-order valence-corrected chi connectivity index (χ4v) is 2.91. The van der Waals surface area contributed by atoms with Gasteiger partial charge in [0, 0.05) is 12.3 Å². The lowest BCUT2D eigenvalue weighted by Gasteiger charge is -2.10. The van der Waals surface area contributed by atoms with Gasteiger partial charge in [-0.1, -0.05) is 20.8 Å². The molecule has 0 amide bonds. The van der Waals surface area contributed by atoms with Gasteiger partial charge in [0.05, 0.1) is 26.1 Å². The van der Waals surface area contributed by atoms with Crippen molar-refractivity contribution in [1.29, 1.82) is 0 Å². The van der Waals surface area contributed by atoms with E-state index in [9.17, 15) is 4.79 Å². The summed E-state index contributed by atoms with van der Waals surface area (Å²) in [5, 5.41) is 0. The second kappa shape index (κ2) is 6.42. The smallest absolute Gasteiger partial charge is 0.309 e. The van der Waals surface area contributed by atoms with Gasteiger partial charge >= 0.3 is 5.97 Å². The molecule has 1 aromatic rings. The summed E-state index contributed by atoms with van der Waals surface area (Å²) in [5.41, 5.74) is 1.29. The van der Waals surface area contributed by atoms with Gasteiger partial charge in [-0.15, -0.1) is 0 Å². The quantitative estimate of drug-likeness (QED) is 0.590. The van der Waals surface area contributed by atoms with E-state index in [1.54, 1.807) is 0 Å². The standard InChI is InChI=1S/C16H27N2O2/c1-5-15-13(10-20-16(15)19)8-14-9-18(11-17(14)4)7-6-12(2)3/h9,11-13,15H,5-8,10H2,1-4H3/q+1/t13-,15-/m0/s1. The largest absolute Gasteiger partial charge is 0.465 e. The second-order valence-electron chi connectivity index (χ2n) is 6.38. The molecule has 1 saturated heterocycles. The highest BCUT2D eigenvalue weighted by Crippen LogP contribution is 2.27. The summed E-state index contributed by atoms with van der Waals surface area (Å²) in [7, 11) is 2.08. The predicted molar refractivity (Wildman–Crippen MR) is 77.0 cm³/mol. The average molecular weight is 279 g/mol. The molecule has 1 aromatic heterocycles. The highest BCUT2D eigenvalue weighted by atomic mass is 16.5. The lowest BCUT2D eigenvalue weighted by atomic mass is 9.89. The van der Waals surface area contributed by atoms with E-state index in [1.807, 2.05) is 0 Å². The van der Waals surface area contributed by atoms with Crippen LogP contribution < -0.4 is 4.57 Å². The highest BCUT2D eigenvalue weighted by Gasteiger charge is 2.36. The molecular formula is C16H27N2O2+. The number of ether oxygens (including phenoxy) is 1. The summed E-state index contributed by atoms with van der Waals surface area (Å²) >= 11 is 0. The minimum Gasteiger partial charge on any atom is -0.465 e. The summed E-state index contributed by atoms with van der Waals surface area (Å²) in [4.78, 5) is 11.6. The summed E-state index contributed by atoms with van der Waals surface area (Å²) < 4.78 is 9.65. The highest BCUT2D eigenvalue weighted by molar-refractivity contribution is 5.74. The van der Waals surface area contributed by atoms with Gasteiger partial charge in [-0.25, -0.2) is 9.13 Å². The molecule has 2 rings (SSSR count). The molecule has 2 atom stereocenters. The number of nitrogens with zero attached hydrogens (tertiary/aromatic N) is 2.